The number of halogens is 4. The molecule has 1 unspecified atom stereocenters. The molecule has 4 nitrogen and oxygen atoms in total. The van der Waals surface area contributed by atoms with E-state index in [1.807, 2.05) is 0 Å². The fourth-order valence-electron chi connectivity index (χ4n) is 2.78. The molecule has 1 aromatic heterocycles. The lowest BCUT2D eigenvalue weighted by Gasteiger charge is -2.08. The summed E-state index contributed by atoms with van der Waals surface area (Å²) in [4.78, 5) is 17.0. The van der Waals surface area contributed by atoms with Crippen molar-refractivity contribution in [2.75, 3.05) is 11.9 Å². The standard InChI is InChI=1S/C17H18F3N3OS.ClH/c18-17(19,20)12-5-3-11(4-6-12)8-14-10-22-16(25-14)23-15(24)9-13-2-1-7-21-13;/h3-6,10,13,21H,1-2,7-9H2,(H,22,23,24);1H. The first kappa shape index (κ1) is 20.7. The Labute approximate surface area is 159 Å². The van der Waals surface area contributed by atoms with Gasteiger partial charge in [0.25, 0.3) is 0 Å². The number of hydrogen-bond donors (Lipinski definition) is 2. The van der Waals surface area contributed by atoms with E-state index in [4.69, 9.17) is 0 Å². The molecular weight excluding hydrogens is 387 g/mol. The summed E-state index contributed by atoms with van der Waals surface area (Å²) in [5, 5.41) is 6.57. The summed E-state index contributed by atoms with van der Waals surface area (Å²) >= 11 is 1.34. The molecule has 1 aromatic carbocycles. The monoisotopic (exact) mass is 405 g/mol. The second-order valence-corrected chi connectivity index (χ2v) is 7.16. The Balaban J connectivity index is 0.00000243. The lowest BCUT2D eigenvalue weighted by atomic mass is 10.1. The van der Waals surface area contributed by atoms with Gasteiger partial charge in [0.1, 0.15) is 0 Å². The van der Waals surface area contributed by atoms with Gasteiger partial charge in [-0.3, -0.25) is 4.79 Å². The summed E-state index contributed by atoms with van der Waals surface area (Å²) in [6.07, 6.45) is 0.320. The van der Waals surface area contributed by atoms with Crippen molar-refractivity contribution in [3.8, 4) is 0 Å². The van der Waals surface area contributed by atoms with Crippen LogP contribution in [0, 0.1) is 0 Å². The van der Waals surface area contributed by atoms with E-state index in [0.717, 1.165) is 42.0 Å². The number of thiazole rings is 1. The van der Waals surface area contributed by atoms with Crippen LogP contribution in [0.5, 0.6) is 0 Å². The average molecular weight is 406 g/mol. The van der Waals surface area contributed by atoms with Crippen LogP contribution in [-0.4, -0.2) is 23.5 Å². The van der Waals surface area contributed by atoms with Gasteiger partial charge in [0.15, 0.2) is 5.13 Å². The smallest absolute Gasteiger partial charge is 0.313 e. The predicted molar refractivity (Wildman–Crippen MR) is 97.9 cm³/mol. The van der Waals surface area contributed by atoms with Crippen molar-refractivity contribution in [3.05, 3.63) is 46.5 Å². The first-order valence-corrected chi connectivity index (χ1v) is 8.86. The Kier molecular flexibility index (Phi) is 7.02. The molecule has 1 saturated heterocycles. The molecule has 0 bridgehead atoms. The van der Waals surface area contributed by atoms with E-state index in [0.29, 0.717) is 18.0 Å². The van der Waals surface area contributed by atoms with Gasteiger partial charge in [-0.1, -0.05) is 12.1 Å². The van der Waals surface area contributed by atoms with Crippen LogP contribution in [0.4, 0.5) is 18.3 Å². The number of benzene rings is 1. The third kappa shape index (κ3) is 5.69. The number of nitrogens with zero attached hydrogens (tertiary/aromatic N) is 1. The zero-order valence-electron chi connectivity index (χ0n) is 13.8. The highest BCUT2D eigenvalue weighted by atomic mass is 35.5. The fraction of sp³-hybridized carbons (Fsp3) is 0.412. The van der Waals surface area contributed by atoms with Crippen LogP contribution in [0.3, 0.4) is 0 Å². The average Bonchev–Trinajstić information content (AvgIpc) is 3.19. The fourth-order valence-corrected chi connectivity index (χ4v) is 3.65. The topological polar surface area (TPSA) is 54.0 Å². The van der Waals surface area contributed by atoms with E-state index in [9.17, 15) is 18.0 Å². The maximum absolute atomic E-state index is 12.6. The molecule has 2 aromatic rings. The quantitative estimate of drug-likeness (QED) is 0.781. The molecule has 1 amide bonds. The molecule has 0 radical (unpaired) electrons. The highest BCUT2D eigenvalue weighted by molar-refractivity contribution is 7.15. The molecule has 1 aliphatic heterocycles. The number of alkyl halides is 3. The second kappa shape index (κ2) is 8.83. The molecule has 1 aliphatic rings. The van der Waals surface area contributed by atoms with Gasteiger partial charge in [0.2, 0.25) is 5.91 Å². The zero-order chi connectivity index (χ0) is 17.9. The summed E-state index contributed by atoms with van der Waals surface area (Å²) in [6.45, 7) is 0.951. The lowest BCUT2D eigenvalue weighted by molar-refractivity contribution is -0.137. The van der Waals surface area contributed by atoms with Gasteiger partial charge >= 0.3 is 6.18 Å². The van der Waals surface area contributed by atoms with Gasteiger partial charge in [-0.2, -0.15) is 13.2 Å². The van der Waals surface area contributed by atoms with E-state index in [1.54, 1.807) is 6.20 Å². The highest BCUT2D eigenvalue weighted by Crippen LogP contribution is 2.30. The van der Waals surface area contributed by atoms with Crippen LogP contribution in [0.25, 0.3) is 0 Å². The summed E-state index contributed by atoms with van der Waals surface area (Å²) in [5.74, 6) is -0.0742. The number of nitrogens with one attached hydrogen (secondary N) is 2. The van der Waals surface area contributed by atoms with Gasteiger partial charge < -0.3 is 10.6 Å². The molecule has 0 saturated carbocycles. The molecule has 1 atom stereocenters. The van der Waals surface area contributed by atoms with Crippen molar-refractivity contribution in [1.82, 2.24) is 10.3 Å². The minimum Gasteiger partial charge on any atom is -0.313 e. The van der Waals surface area contributed by atoms with Gasteiger partial charge in [0.05, 0.1) is 5.56 Å². The van der Waals surface area contributed by atoms with E-state index >= 15 is 0 Å². The lowest BCUT2D eigenvalue weighted by Crippen LogP contribution is -2.27. The highest BCUT2D eigenvalue weighted by Gasteiger charge is 2.29. The van der Waals surface area contributed by atoms with Crippen molar-refractivity contribution in [2.45, 2.75) is 37.9 Å². The van der Waals surface area contributed by atoms with Gasteiger partial charge in [-0.15, -0.1) is 23.7 Å². The summed E-state index contributed by atoms with van der Waals surface area (Å²) in [5.41, 5.74) is 0.110. The van der Waals surface area contributed by atoms with E-state index < -0.39 is 11.7 Å². The SMILES string of the molecule is Cl.O=C(CC1CCCN1)Nc1ncc(Cc2ccc(C(F)(F)F)cc2)s1. The maximum atomic E-state index is 12.6. The maximum Gasteiger partial charge on any atom is 0.416 e. The zero-order valence-corrected chi connectivity index (χ0v) is 15.4. The number of carbonyl (C=O) groups is 1. The Morgan fingerprint density at radius 3 is 2.65 bits per heavy atom. The number of anilines is 1. The summed E-state index contributed by atoms with van der Waals surface area (Å²) in [7, 11) is 0. The van der Waals surface area contributed by atoms with Crippen molar-refractivity contribution in [2.24, 2.45) is 0 Å². The van der Waals surface area contributed by atoms with Crippen LogP contribution in [0.1, 0.15) is 35.3 Å². The molecule has 0 spiro atoms. The normalized spacial score (nSPS) is 17.0. The van der Waals surface area contributed by atoms with E-state index in [-0.39, 0.29) is 24.4 Å². The van der Waals surface area contributed by atoms with Gasteiger partial charge in [0, 0.05) is 30.0 Å². The minimum atomic E-state index is -4.32. The number of rotatable bonds is 5. The van der Waals surface area contributed by atoms with Gasteiger partial charge in [-0.05, 0) is 37.1 Å². The Morgan fingerprint density at radius 1 is 1.31 bits per heavy atom. The van der Waals surface area contributed by atoms with Gasteiger partial charge in [-0.25, -0.2) is 4.98 Å². The third-order valence-electron chi connectivity index (χ3n) is 4.05. The third-order valence-corrected chi connectivity index (χ3v) is 4.97. The molecule has 142 valence electrons. The molecule has 0 aliphatic carbocycles. The van der Waals surface area contributed by atoms with E-state index in [1.165, 1.54) is 23.5 Å². The largest absolute Gasteiger partial charge is 0.416 e. The molecule has 2 N–H and O–H groups in total. The Bertz CT molecular complexity index is 728. The summed E-state index contributed by atoms with van der Waals surface area (Å²) < 4.78 is 37.7. The molecule has 3 rings (SSSR count). The Hall–Kier alpha value is -1.64. The predicted octanol–water partition coefficient (Wildman–Crippen LogP) is 4.26. The second-order valence-electron chi connectivity index (χ2n) is 6.05. The Morgan fingerprint density at radius 2 is 2.04 bits per heavy atom. The molecule has 1 fully saturated rings. The first-order valence-electron chi connectivity index (χ1n) is 8.04. The van der Waals surface area contributed by atoms with Crippen LogP contribution >= 0.6 is 23.7 Å². The van der Waals surface area contributed by atoms with Crippen LogP contribution in [0.2, 0.25) is 0 Å². The summed E-state index contributed by atoms with van der Waals surface area (Å²) in [6, 6.07) is 5.31. The molecule has 2 heterocycles. The van der Waals surface area contributed by atoms with E-state index in [2.05, 4.69) is 15.6 Å². The molecule has 9 heteroatoms. The number of carbonyl (C=O) groups excluding carboxylic acids is 1. The minimum absolute atomic E-state index is 0. The number of hydrogen-bond acceptors (Lipinski definition) is 4. The van der Waals surface area contributed by atoms with Crippen molar-refractivity contribution < 1.29 is 18.0 Å². The van der Waals surface area contributed by atoms with Crippen LogP contribution in [-0.2, 0) is 17.4 Å². The molecule has 26 heavy (non-hydrogen) atoms. The van der Waals surface area contributed by atoms with Crippen molar-refractivity contribution >= 4 is 34.8 Å². The number of aromatic nitrogens is 1. The van der Waals surface area contributed by atoms with Crippen molar-refractivity contribution in [1.29, 1.82) is 0 Å². The first-order chi connectivity index (χ1) is 11.9. The van der Waals surface area contributed by atoms with Crippen LogP contribution in [0.15, 0.2) is 30.5 Å². The number of amides is 1. The van der Waals surface area contributed by atoms with Crippen LogP contribution < -0.4 is 10.6 Å². The molecular formula is C17H19ClF3N3OS. The van der Waals surface area contributed by atoms with Crippen molar-refractivity contribution in [3.63, 3.8) is 0 Å².